The lowest BCUT2D eigenvalue weighted by atomic mass is 9.98. The Kier molecular flexibility index (Phi) is 6.02. The smallest absolute Gasteiger partial charge is 0.263 e. The highest BCUT2D eigenvalue weighted by Gasteiger charge is 2.18. The molecule has 3 aromatic carbocycles. The highest BCUT2D eigenvalue weighted by molar-refractivity contribution is 7.92. The fraction of sp³-hybridized carbons (Fsp3) is 0.0370. The van der Waals surface area contributed by atoms with Gasteiger partial charge in [0.25, 0.3) is 10.0 Å². The van der Waals surface area contributed by atoms with Gasteiger partial charge in [0.2, 0.25) is 0 Å². The molecular formula is C27H19N5O3S. The molecular weight excluding hydrogens is 474 g/mol. The van der Waals surface area contributed by atoms with E-state index in [2.05, 4.69) is 25.7 Å². The van der Waals surface area contributed by atoms with Crippen LogP contribution >= 0.6 is 0 Å². The summed E-state index contributed by atoms with van der Waals surface area (Å²) in [5.74, 6) is 0.812. The molecule has 176 valence electrons. The van der Waals surface area contributed by atoms with Gasteiger partial charge >= 0.3 is 0 Å². The molecule has 36 heavy (non-hydrogen) atoms. The minimum absolute atomic E-state index is 0.105. The van der Waals surface area contributed by atoms with E-state index in [1.807, 2.05) is 30.3 Å². The van der Waals surface area contributed by atoms with E-state index >= 15 is 0 Å². The molecule has 5 aromatic rings. The monoisotopic (exact) mass is 493 g/mol. The second-order valence-corrected chi connectivity index (χ2v) is 9.53. The molecule has 0 saturated heterocycles. The number of sulfonamides is 1. The van der Waals surface area contributed by atoms with E-state index in [-0.39, 0.29) is 10.7 Å². The van der Waals surface area contributed by atoms with Crippen LogP contribution in [0.4, 0.5) is 5.82 Å². The van der Waals surface area contributed by atoms with Crippen LogP contribution in [0.1, 0.15) is 5.56 Å². The molecule has 9 heteroatoms. The van der Waals surface area contributed by atoms with Gasteiger partial charge in [-0.2, -0.15) is 5.26 Å². The molecule has 0 amide bonds. The van der Waals surface area contributed by atoms with Crippen molar-refractivity contribution in [2.75, 3.05) is 11.8 Å². The average Bonchev–Trinajstić information content (AvgIpc) is 2.92. The van der Waals surface area contributed by atoms with Gasteiger partial charge in [0.15, 0.2) is 0 Å². The summed E-state index contributed by atoms with van der Waals surface area (Å²) < 4.78 is 33.9. The Morgan fingerprint density at radius 2 is 1.69 bits per heavy atom. The van der Waals surface area contributed by atoms with Gasteiger partial charge < -0.3 is 4.74 Å². The van der Waals surface area contributed by atoms with Crippen LogP contribution in [-0.4, -0.2) is 30.5 Å². The third-order valence-electron chi connectivity index (χ3n) is 5.67. The predicted octanol–water partition coefficient (Wildman–Crippen LogP) is 5.04. The number of hydrogen-bond acceptors (Lipinski definition) is 7. The van der Waals surface area contributed by atoms with Crippen LogP contribution in [0.2, 0.25) is 0 Å². The maximum absolute atomic E-state index is 12.9. The van der Waals surface area contributed by atoms with Crippen molar-refractivity contribution in [3.63, 3.8) is 0 Å². The van der Waals surface area contributed by atoms with Crippen molar-refractivity contribution in [3.05, 3.63) is 97.1 Å². The van der Waals surface area contributed by atoms with Crippen LogP contribution in [-0.2, 0) is 10.0 Å². The zero-order chi connectivity index (χ0) is 25.1. The van der Waals surface area contributed by atoms with Gasteiger partial charge in [0, 0.05) is 23.3 Å². The van der Waals surface area contributed by atoms with E-state index in [4.69, 9.17) is 10.00 Å². The maximum Gasteiger partial charge on any atom is 0.263 e. The van der Waals surface area contributed by atoms with E-state index in [1.165, 1.54) is 24.7 Å². The van der Waals surface area contributed by atoms with Crippen molar-refractivity contribution in [2.45, 2.75) is 4.90 Å². The Morgan fingerprint density at radius 1 is 0.889 bits per heavy atom. The Balaban J connectivity index is 1.53. The molecule has 0 fully saturated rings. The van der Waals surface area contributed by atoms with Gasteiger partial charge in [-0.15, -0.1) is 0 Å². The first kappa shape index (κ1) is 23.0. The van der Waals surface area contributed by atoms with Gasteiger partial charge in [0.1, 0.15) is 17.9 Å². The van der Waals surface area contributed by atoms with Gasteiger partial charge in [-0.25, -0.2) is 18.4 Å². The van der Waals surface area contributed by atoms with Crippen molar-refractivity contribution in [2.24, 2.45) is 0 Å². The summed E-state index contributed by atoms with van der Waals surface area (Å²) in [7, 11) is -2.25. The molecule has 2 aromatic heterocycles. The molecule has 5 rings (SSSR count). The van der Waals surface area contributed by atoms with Crippen molar-refractivity contribution in [1.29, 1.82) is 5.26 Å². The van der Waals surface area contributed by atoms with Crippen molar-refractivity contribution in [1.82, 2.24) is 15.0 Å². The predicted molar refractivity (Wildman–Crippen MR) is 137 cm³/mol. The first-order valence-corrected chi connectivity index (χ1v) is 12.3. The molecule has 0 aliphatic carbocycles. The van der Waals surface area contributed by atoms with E-state index in [0.29, 0.717) is 22.4 Å². The Hall–Kier alpha value is -4.81. The van der Waals surface area contributed by atoms with Crippen LogP contribution in [0.15, 0.2) is 96.4 Å². The number of methoxy groups -OCH3 is 1. The minimum atomic E-state index is -3.84. The van der Waals surface area contributed by atoms with Gasteiger partial charge in [-0.05, 0) is 65.0 Å². The lowest BCUT2D eigenvalue weighted by Gasteiger charge is -2.13. The Morgan fingerprint density at radius 3 is 2.42 bits per heavy atom. The molecule has 8 nitrogen and oxygen atoms in total. The second kappa shape index (κ2) is 9.44. The number of aromatic nitrogens is 3. The molecule has 0 atom stereocenters. The number of nitrogens with one attached hydrogen (secondary N) is 1. The normalized spacial score (nSPS) is 11.1. The molecule has 2 heterocycles. The third-order valence-corrected chi connectivity index (χ3v) is 7.02. The van der Waals surface area contributed by atoms with Crippen LogP contribution in [0.25, 0.3) is 33.2 Å². The van der Waals surface area contributed by atoms with Crippen LogP contribution in [0, 0.1) is 11.3 Å². The molecule has 0 aliphatic heterocycles. The first-order chi connectivity index (χ1) is 17.5. The number of ether oxygens (including phenoxy) is 1. The number of benzene rings is 3. The number of nitriles is 1. The molecule has 1 N–H and O–H groups in total. The number of fused-ring (bicyclic) bond motifs is 1. The van der Waals surface area contributed by atoms with Crippen LogP contribution in [0.3, 0.4) is 0 Å². The van der Waals surface area contributed by atoms with Crippen LogP contribution in [0.5, 0.6) is 5.75 Å². The third kappa shape index (κ3) is 4.45. The van der Waals surface area contributed by atoms with Crippen molar-refractivity contribution in [3.8, 4) is 34.2 Å². The molecule has 0 radical (unpaired) electrons. The molecule has 0 aliphatic rings. The SMILES string of the molecule is COc1cc(-c2ccc(C#N)cc2)ccc1-c1nccc2cc(S(=O)(=O)Nc3ccncn3)ccc12. The fourth-order valence-electron chi connectivity index (χ4n) is 3.89. The standard InChI is InChI=1S/C27H19N5O3S/c1-35-25-15-20(19-4-2-18(16-28)3-5-19)6-8-24(25)27-23-9-7-22(14-21(23)10-13-30-27)36(33,34)32-26-11-12-29-17-31-26/h2-15,17H,1H3,(H,29,31,32). The molecule has 0 saturated carbocycles. The number of hydrogen-bond donors (Lipinski definition) is 1. The van der Waals surface area contributed by atoms with Crippen molar-refractivity contribution >= 4 is 26.6 Å². The highest BCUT2D eigenvalue weighted by Crippen LogP contribution is 2.37. The first-order valence-electron chi connectivity index (χ1n) is 10.8. The second-order valence-electron chi connectivity index (χ2n) is 7.85. The quantitative estimate of drug-likeness (QED) is 0.352. The number of nitrogens with zero attached hydrogens (tertiary/aromatic N) is 4. The maximum atomic E-state index is 12.9. The fourth-order valence-corrected chi connectivity index (χ4v) is 4.93. The van der Waals surface area contributed by atoms with Gasteiger partial charge in [-0.3, -0.25) is 9.71 Å². The van der Waals surface area contributed by atoms with Gasteiger partial charge in [0.05, 0.1) is 29.3 Å². The summed E-state index contributed by atoms with van der Waals surface area (Å²) >= 11 is 0. The summed E-state index contributed by atoms with van der Waals surface area (Å²) in [6, 6.07) is 23.4. The van der Waals surface area contributed by atoms with Crippen LogP contribution < -0.4 is 9.46 Å². The van der Waals surface area contributed by atoms with E-state index in [9.17, 15) is 8.42 Å². The average molecular weight is 494 g/mol. The summed E-state index contributed by atoms with van der Waals surface area (Å²) in [4.78, 5) is 12.4. The molecule has 0 bridgehead atoms. The zero-order valence-electron chi connectivity index (χ0n) is 19.1. The highest BCUT2D eigenvalue weighted by atomic mass is 32.2. The number of rotatable bonds is 6. The van der Waals surface area contributed by atoms with E-state index < -0.39 is 10.0 Å². The summed E-state index contributed by atoms with van der Waals surface area (Å²) in [5.41, 5.74) is 3.93. The molecule has 0 unspecified atom stereocenters. The lowest BCUT2D eigenvalue weighted by Crippen LogP contribution is -2.13. The Bertz CT molecular complexity index is 1720. The topological polar surface area (TPSA) is 118 Å². The number of pyridine rings is 1. The summed E-state index contributed by atoms with van der Waals surface area (Å²) in [6.07, 6.45) is 4.37. The van der Waals surface area contributed by atoms with E-state index in [0.717, 1.165) is 22.1 Å². The summed E-state index contributed by atoms with van der Waals surface area (Å²) in [5, 5.41) is 10.5. The van der Waals surface area contributed by atoms with Crippen molar-refractivity contribution < 1.29 is 13.2 Å². The lowest BCUT2D eigenvalue weighted by molar-refractivity contribution is 0.416. The minimum Gasteiger partial charge on any atom is -0.496 e. The largest absolute Gasteiger partial charge is 0.496 e. The van der Waals surface area contributed by atoms with Gasteiger partial charge in [-0.1, -0.05) is 24.3 Å². The Labute approximate surface area is 207 Å². The zero-order valence-corrected chi connectivity index (χ0v) is 19.9. The summed E-state index contributed by atoms with van der Waals surface area (Å²) in [6.45, 7) is 0. The molecule has 0 spiro atoms. The van der Waals surface area contributed by atoms with E-state index in [1.54, 1.807) is 43.6 Å². The number of anilines is 1.